The molecule has 0 bridgehead atoms. The van der Waals surface area contributed by atoms with Gasteiger partial charge in [-0.2, -0.15) is 0 Å². The molecule has 116 valence electrons. The van der Waals surface area contributed by atoms with Crippen molar-refractivity contribution in [2.45, 2.75) is 23.7 Å². The van der Waals surface area contributed by atoms with E-state index in [0.717, 1.165) is 16.9 Å². The van der Waals surface area contributed by atoms with Gasteiger partial charge >= 0.3 is 0 Å². The smallest absolute Gasteiger partial charge is 0.271 e. The third-order valence-corrected chi connectivity index (χ3v) is 5.99. The van der Waals surface area contributed by atoms with Gasteiger partial charge in [0.05, 0.1) is 11.9 Å². The van der Waals surface area contributed by atoms with E-state index in [2.05, 4.69) is 15.0 Å². The number of hydrogen-bond acceptors (Lipinski definition) is 6. The Morgan fingerprint density at radius 3 is 3.09 bits per heavy atom. The molecule has 1 unspecified atom stereocenters. The predicted molar refractivity (Wildman–Crippen MR) is 89.8 cm³/mol. The van der Waals surface area contributed by atoms with E-state index in [0.29, 0.717) is 17.9 Å². The molecule has 0 fully saturated rings. The number of sulfonamides is 1. The standard InChI is InChI=1S/C13H13N3O3S3/c1-8-5-9-6-10(7-14-12(9)15-13(20)19-8)16-22(17,18)11-3-2-4-21-11/h2-4,6-8,16H,5H2,1H3,(H,14,15,20). The molecule has 0 amide bonds. The van der Waals surface area contributed by atoms with E-state index in [1.807, 2.05) is 6.92 Å². The Balaban J connectivity index is 1.89. The van der Waals surface area contributed by atoms with Gasteiger partial charge in [-0.05, 0) is 36.7 Å². The molecule has 0 spiro atoms. The van der Waals surface area contributed by atoms with Crippen LogP contribution in [0.15, 0.2) is 34.0 Å². The number of anilines is 2. The zero-order chi connectivity index (χ0) is 15.7. The maximum absolute atomic E-state index is 12.2. The quantitative estimate of drug-likeness (QED) is 0.824. The molecular formula is C13H13N3O3S3. The molecule has 3 heterocycles. The second-order valence-electron chi connectivity index (χ2n) is 4.81. The average molecular weight is 355 g/mol. The number of hydrogen-bond donors (Lipinski definition) is 2. The molecule has 2 aromatic heterocycles. The van der Waals surface area contributed by atoms with Gasteiger partial charge in [0, 0.05) is 12.0 Å². The van der Waals surface area contributed by atoms with Crippen LogP contribution in [0.25, 0.3) is 0 Å². The minimum Gasteiger partial charge on any atom is -0.467 e. The fraction of sp³-hybridized carbons (Fsp3) is 0.231. The number of fused-ring (bicyclic) bond motifs is 1. The third-order valence-electron chi connectivity index (χ3n) is 3.01. The molecule has 22 heavy (non-hydrogen) atoms. The van der Waals surface area contributed by atoms with Crippen molar-refractivity contribution in [2.75, 3.05) is 10.0 Å². The first-order chi connectivity index (χ1) is 10.4. The van der Waals surface area contributed by atoms with Gasteiger partial charge in [0.1, 0.15) is 16.1 Å². The van der Waals surface area contributed by atoms with Gasteiger partial charge in [0.25, 0.3) is 15.2 Å². The Labute approximate surface area is 137 Å². The van der Waals surface area contributed by atoms with Crippen molar-refractivity contribution >= 4 is 50.3 Å². The largest absolute Gasteiger partial charge is 0.467 e. The molecule has 0 radical (unpaired) electrons. The van der Waals surface area contributed by atoms with Crippen molar-refractivity contribution < 1.29 is 13.2 Å². The first kappa shape index (κ1) is 15.2. The Hall–Kier alpha value is -1.71. The SMILES string of the molecule is CC1Cc2cc(NS(=O)(=O)c3cccs3)cnc2NC(=S)O1. The highest BCUT2D eigenvalue weighted by Gasteiger charge is 2.20. The molecule has 1 aliphatic heterocycles. The molecule has 0 saturated carbocycles. The first-order valence-electron chi connectivity index (χ1n) is 6.47. The van der Waals surface area contributed by atoms with Gasteiger partial charge in [-0.1, -0.05) is 6.07 Å². The minimum absolute atomic E-state index is 0.104. The van der Waals surface area contributed by atoms with E-state index in [9.17, 15) is 8.42 Å². The molecule has 1 atom stereocenters. The predicted octanol–water partition coefficient (Wildman–Crippen LogP) is 2.60. The minimum atomic E-state index is -3.58. The van der Waals surface area contributed by atoms with Crippen LogP contribution in [-0.4, -0.2) is 24.7 Å². The van der Waals surface area contributed by atoms with E-state index in [1.54, 1.807) is 23.6 Å². The Kier molecular flexibility index (Phi) is 4.02. The monoisotopic (exact) mass is 355 g/mol. The summed E-state index contributed by atoms with van der Waals surface area (Å²) >= 11 is 6.20. The summed E-state index contributed by atoms with van der Waals surface area (Å²) in [6.45, 7) is 1.89. The molecule has 6 nitrogen and oxygen atoms in total. The molecule has 2 aromatic rings. The third kappa shape index (κ3) is 3.21. The summed E-state index contributed by atoms with van der Waals surface area (Å²) in [6.07, 6.45) is 1.94. The average Bonchev–Trinajstić information content (AvgIpc) is 2.91. The molecule has 0 saturated heterocycles. The maximum Gasteiger partial charge on any atom is 0.271 e. The first-order valence-corrected chi connectivity index (χ1v) is 9.24. The fourth-order valence-electron chi connectivity index (χ4n) is 2.12. The van der Waals surface area contributed by atoms with Crippen LogP contribution in [0.4, 0.5) is 11.5 Å². The zero-order valence-electron chi connectivity index (χ0n) is 11.6. The Morgan fingerprint density at radius 2 is 2.36 bits per heavy atom. The van der Waals surface area contributed by atoms with E-state index in [-0.39, 0.29) is 15.5 Å². The van der Waals surface area contributed by atoms with Crippen LogP contribution in [0.2, 0.25) is 0 Å². The van der Waals surface area contributed by atoms with Crippen molar-refractivity contribution in [1.29, 1.82) is 0 Å². The number of nitrogens with zero attached hydrogens (tertiary/aromatic N) is 1. The lowest BCUT2D eigenvalue weighted by Gasteiger charge is -2.10. The van der Waals surface area contributed by atoms with Crippen LogP contribution in [-0.2, 0) is 21.2 Å². The molecular weight excluding hydrogens is 342 g/mol. The topological polar surface area (TPSA) is 80.3 Å². The molecule has 2 N–H and O–H groups in total. The van der Waals surface area contributed by atoms with Crippen LogP contribution in [0.1, 0.15) is 12.5 Å². The number of aromatic nitrogens is 1. The summed E-state index contributed by atoms with van der Waals surface area (Å²) in [5.41, 5.74) is 1.26. The van der Waals surface area contributed by atoms with Crippen molar-refractivity contribution in [2.24, 2.45) is 0 Å². The normalized spacial score (nSPS) is 17.9. The molecule has 9 heteroatoms. The lowest BCUT2D eigenvalue weighted by atomic mass is 10.1. The van der Waals surface area contributed by atoms with Crippen molar-refractivity contribution in [3.8, 4) is 0 Å². The van der Waals surface area contributed by atoms with Crippen LogP contribution in [0.3, 0.4) is 0 Å². The van der Waals surface area contributed by atoms with Crippen molar-refractivity contribution in [3.63, 3.8) is 0 Å². The number of nitrogens with one attached hydrogen (secondary N) is 2. The highest BCUT2D eigenvalue weighted by atomic mass is 32.2. The van der Waals surface area contributed by atoms with Crippen molar-refractivity contribution in [1.82, 2.24) is 4.98 Å². The molecule has 0 aliphatic carbocycles. The van der Waals surface area contributed by atoms with Crippen LogP contribution < -0.4 is 10.0 Å². The van der Waals surface area contributed by atoms with Crippen LogP contribution in [0, 0.1) is 0 Å². The second-order valence-corrected chi connectivity index (χ2v) is 8.04. The summed E-state index contributed by atoms with van der Waals surface area (Å²) in [5, 5.41) is 4.88. The Bertz CT molecular complexity index is 803. The lowest BCUT2D eigenvalue weighted by molar-refractivity contribution is 0.217. The molecule has 0 aromatic carbocycles. The fourth-order valence-corrected chi connectivity index (χ4v) is 4.40. The second kappa shape index (κ2) is 5.82. The van der Waals surface area contributed by atoms with Gasteiger partial charge < -0.3 is 10.1 Å². The summed E-state index contributed by atoms with van der Waals surface area (Å²) in [6, 6.07) is 4.99. The zero-order valence-corrected chi connectivity index (χ0v) is 14.0. The van der Waals surface area contributed by atoms with Gasteiger partial charge in [-0.15, -0.1) is 11.3 Å². The van der Waals surface area contributed by atoms with Gasteiger partial charge in [-0.3, -0.25) is 4.72 Å². The van der Waals surface area contributed by atoms with E-state index in [4.69, 9.17) is 17.0 Å². The molecule has 3 rings (SSSR count). The number of ether oxygens (including phenoxy) is 1. The van der Waals surface area contributed by atoms with Crippen LogP contribution in [0.5, 0.6) is 0 Å². The number of rotatable bonds is 3. The summed E-state index contributed by atoms with van der Waals surface area (Å²) in [5.74, 6) is 0.591. The number of thiophene rings is 1. The maximum atomic E-state index is 12.2. The van der Waals surface area contributed by atoms with E-state index in [1.165, 1.54) is 6.20 Å². The van der Waals surface area contributed by atoms with E-state index >= 15 is 0 Å². The van der Waals surface area contributed by atoms with Gasteiger partial charge in [0.15, 0.2) is 0 Å². The Morgan fingerprint density at radius 1 is 1.55 bits per heavy atom. The number of pyridine rings is 1. The van der Waals surface area contributed by atoms with Crippen molar-refractivity contribution in [3.05, 3.63) is 35.3 Å². The van der Waals surface area contributed by atoms with Crippen LogP contribution >= 0.6 is 23.6 Å². The van der Waals surface area contributed by atoms with Gasteiger partial charge in [-0.25, -0.2) is 13.4 Å². The summed E-state index contributed by atoms with van der Waals surface area (Å²) < 4.78 is 32.7. The highest BCUT2D eigenvalue weighted by Crippen LogP contribution is 2.25. The van der Waals surface area contributed by atoms with Gasteiger partial charge in [0.2, 0.25) is 0 Å². The summed E-state index contributed by atoms with van der Waals surface area (Å²) in [4.78, 5) is 4.23. The lowest BCUT2D eigenvalue weighted by Crippen LogP contribution is -2.17. The number of thiocarbonyl (C=S) groups is 1. The molecule has 1 aliphatic rings. The summed E-state index contributed by atoms with van der Waals surface area (Å²) in [7, 11) is -3.58. The highest BCUT2D eigenvalue weighted by molar-refractivity contribution is 7.94. The van der Waals surface area contributed by atoms with E-state index < -0.39 is 10.0 Å².